The number of quaternary nitrogens is 1. The summed E-state index contributed by atoms with van der Waals surface area (Å²) in [5.74, 6) is 0. The van der Waals surface area contributed by atoms with Crippen LogP contribution in [0.25, 0.3) is 0 Å². The van der Waals surface area contributed by atoms with Crippen molar-refractivity contribution in [3.05, 3.63) is 0 Å². The smallest absolute Gasteiger partial charge is 0.369 e. The molecule has 0 aromatic heterocycles. The fourth-order valence-corrected chi connectivity index (χ4v) is 0. The molecule has 0 saturated carbocycles. The molecule has 0 radical (unpaired) electrons. The van der Waals surface area contributed by atoms with Crippen LogP contribution < -0.4 is 6.15 Å². The number of hydrogen-bond donors (Lipinski definition) is 1. The summed E-state index contributed by atoms with van der Waals surface area (Å²) in [5, 5.41) is 0. The van der Waals surface area contributed by atoms with E-state index in [2.05, 4.69) is 0 Å². The largest absolute Gasteiger partial charge is 0.369 e. The summed E-state index contributed by atoms with van der Waals surface area (Å²) in [5.41, 5.74) is 0. The van der Waals surface area contributed by atoms with Gasteiger partial charge in [-0.15, -0.1) is 0 Å². The second kappa shape index (κ2) is 2.16. The molecule has 0 aromatic carbocycles. The first-order valence-corrected chi connectivity index (χ1v) is 19.7. The molecule has 0 fully saturated rings. The number of hydrogen-bond acceptors (Lipinski definition) is 0. The van der Waals surface area contributed by atoms with E-state index in [1.54, 1.807) is 0 Å². The van der Waals surface area contributed by atoms with Crippen LogP contribution in [0.2, 0.25) is 0 Å². The van der Waals surface area contributed by atoms with Crippen LogP contribution in [0.3, 0.4) is 0 Å². The van der Waals surface area contributed by atoms with E-state index in [1.807, 2.05) is 0 Å². The van der Waals surface area contributed by atoms with E-state index in [-0.39, 0.29) is 6.15 Å². The van der Waals surface area contributed by atoms with Crippen molar-refractivity contribution in [1.82, 2.24) is 6.15 Å². The summed E-state index contributed by atoms with van der Waals surface area (Å²) < 4.78 is 0. The van der Waals surface area contributed by atoms with E-state index < -0.39 is 6.64 Å². The zero-order valence-electron chi connectivity index (χ0n) is 3.62. The van der Waals surface area contributed by atoms with Crippen LogP contribution in [0.1, 0.15) is 0 Å². The fraction of sp³-hybridized carbons (Fsp3) is 0. The molecule has 0 rings (SSSR count). The van der Waals surface area contributed by atoms with Gasteiger partial charge in [0.05, 0.1) is 0 Å². The molecule has 0 aromatic rings. The van der Waals surface area contributed by atoms with Gasteiger partial charge < -0.3 is 6.15 Å². The molecule has 0 amide bonds. The van der Waals surface area contributed by atoms with Crippen molar-refractivity contribution in [2.24, 2.45) is 0 Å². The van der Waals surface area contributed by atoms with Crippen LogP contribution in [-0.2, 0) is 6.64 Å². The first-order valence-electron chi connectivity index (χ1n) is 0.802. The second-order valence-electron chi connectivity index (χ2n) is 0.758. The van der Waals surface area contributed by atoms with Gasteiger partial charge in [-0.25, -0.2) is 0 Å². The van der Waals surface area contributed by atoms with Crippen molar-refractivity contribution in [2.45, 2.75) is 0 Å². The third-order valence-corrected chi connectivity index (χ3v) is 0. The normalized spacial score (nSPS) is 20.2. The van der Waals surface area contributed by atoms with Crippen molar-refractivity contribution >= 4 is 57.8 Å². The summed E-state index contributed by atoms with van der Waals surface area (Å²) in [6.07, 6.45) is 0. The summed E-state index contributed by atoms with van der Waals surface area (Å²) >= 11 is 0. The molecular formula is H4Cl6NOs+. The van der Waals surface area contributed by atoms with Gasteiger partial charge in [-0.3, -0.25) is 0 Å². The molecule has 8 heteroatoms. The summed E-state index contributed by atoms with van der Waals surface area (Å²) in [7, 11) is 30.4. The molecule has 4 N–H and O–H groups in total. The number of rotatable bonds is 0. The maximum atomic E-state index is 5.06. The molecule has 8 heavy (non-hydrogen) atoms. The minimum atomic E-state index is -5.38. The Hall–Kier alpha value is 2.34. The molecule has 1 nitrogen and oxygen atoms in total. The Morgan fingerprint density at radius 3 is 0.625 bits per heavy atom. The van der Waals surface area contributed by atoms with Gasteiger partial charge >= 0.3 is 64.5 Å². The molecule has 0 aliphatic carbocycles. The Bertz CT molecular complexity index is 67.1. The summed E-state index contributed by atoms with van der Waals surface area (Å²) in [6.45, 7) is -5.38. The van der Waals surface area contributed by atoms with Gasteiger partial charge in [-0.2, -0.15) is 0 Å². The zero-order chi connectivity index (χ0) is 6.41. The van der Waals surface area contributed by atoms with Gasteiger partial charge in [0.1, 0.15) is 0 Å². The first kappa shape index (κ1) is 13.0. The van der Waals surface area contributed by atoms with E-state index in [4.69, 9.17) is 57.8 Å². The summed E-state index contributed by atoms with van der Waals surface area (Å²) in [6, 6.07) is 0. The standard InChI is InChI=1S/6ClH.H3N.Os/h6*1H;1H3;/q;;;;;;;+6/p-5. The minimum absolute atomic E-state index is 0. The average molecular weight is 421 g/mol. The van der Waals surface area contributed by atoms with Crippen molar-refractivity contribution < 1.29 is 6.64 Å². The van der Waals surface area contributed by atoms with Gasteiger partial charge in [-0.1, -0.05) is 0 Å². The van der Waals surface area contributed by atoms with Crippen molar-refractivity contribution in [1.29, 1.82) is 0 Å². The van der Waals surface area contributed by atoms with Crippen molar-refractivity contribution in [2.75, 3.05) is 0 Å². The topological polar surface area (TPSA) is 36.5 Å². The third-order valence-electron chi connectivity index (χ3n) is 0. The molecule has 0 aliphatic heterocycles. The van der Waals surface area contributed by atoms with Gasteiger partial charge in [0.2, 0.25) is 0 Å². The second-order valence-corrected chi connectivity index (χ2v) is 55.8. The summed E-state index contributed by atoms with van der Waals surface area (Å²) in [4.78, 5) is 0. The third kappa shape index (κ3) is 82.2. The predicted octanol–water partition coefficient (Wildman–Crippen LogP) is 4.51. The molecule has 0 aliphatic rings. The van der Waals surface area contributed by atoms with E-state index in [0.29, 0.717) is 0 Å². The Kier molecular flexibility index (Phi) is 3.50. The molecular weight excluding hydrogens is 417 g/mol. The zero-order valence-corrected chi connectivity index (χ0v) is 10.7. The van der Waals surface area contributed by atoms with E-state index in [1.165, 1.54) is 0 Å². The van der Waals surface area contributed by atoms with Crippen LogP contribution in [0.15, 0.2) is 0 Å². The Balaban J connectivity index is 0. The SMILES string of the molecule is [Cl][Os]([Cl])([Cl])([Cl])([Cl])[Cl].[NH4+]. The van der Waals surface area contributed by atoms with Gasteiger partial charge in [0.15, 0.2) is 0 Å². The maximum absolute atomic E-state index is 5.38. The van der Waals surface area contributed by atoms with Crippen LogP contribution in [0.5, 0.6) is 0 Å². The maximum Gasteiger partial charge on any atom is -0.369 e. The number of halogens is 6. The quantitative estimate of drug-likeness (QED) is 0.598. The van der Waals surface area contributed by atoms with E-state index >= 15 is 0 Å². The molecule has 0 saturated heterocycles. The van der Waals surface area contributed by atoms with Gasteiger partial charge in [-0.05, 0) is 0 Å². The Labute approximate surface area is 69.8 Å². The Morgan fingerprint density at radius 2 is 0.625 bits per heavy atom. The molecule has 58 valence electrons. The molecule has 0 spiro atoms. The minimum Gasteiger partial charge on any atom is -0.369 e. The predicted molar refractivity (Wildman–Crippen MR) is 41.1 cm³/mol. The Morgan fingerprint density at radius 1 is 0.625 bits per heavy atom. The van der Waals surface area contributed by atoms with Crippen molar-refractivity contribution in [3.8, 4) is 0 Å². The van der Waals surface area contributed by atoms with E-state index in [9.17, 15) is 0 Å². The van der Waals surface area contributed by atoms with Crippen LogP contribution in [0.4, 0.5) is 0 Å². The van der Waals surface area contributed by atoms with Crippen LogP contribution in [0, 0.1) is 0 Å². The monoisotopic (exact) mass is 420 g/mol. The fourth-order valence-electron chi connectivity index (χ4n) is 0. The van der Waals surface area contributed by atoms with E-state index in [0.717, 1.165) is 0 Å². The van der Waals surface area contributed by atoms with Gasteiger partial charge in [0.25, 0.3) is 0 Å². The van der Waals surface area contributed by atoms with Crippen LogP contribution >= 0.6 is 57.8 Å². The molecule has 0 atom stereocenters. The molecule has 0 heterocycles. The average Bonchev–Trinajstić information content (AvgIpc) is 0.592. The first-order chi connectivity index (χ1) is 2.45. The molecule has 0 bridgehead atoms. The molecule has 0 unspecified atom stereocenters. The van der Waals surface area contributed by atoms with Crippen molar-refractivity contribution in [3.63, 3.8) is 0 Å². The van der Waals surface area contributed by atoms with Crippen LogP contribution in [-0.4, -0.2) is 0 Å². The van der Waals surface area contributed by atoms with Gasteiger partial charge in [0, 0.05) is 0 Å².